The van der Waals surface area contributed by atoms with Gasteiger partial charge in [-0.2, -0.15) is 13.2 Å². The van der Waals surface area contributed by atoms with E-state index in [2.05, 4.69) is 12.2 Å². The molecule has 0 saturated carbocycles. The smallest absolute Gasteiger partial charge is 0.317 e. The first-order valence-electron chi connectivity index (χ1n) is 5.84. The monoisotopic (exact) mass is 240 g/mol. The predicted molar refractivity (Wildman–Crippen MR) is 60.5 cm³/mol. The lowest BCUT2D eigenvalue weighted by Gasteiger charge is -2.25. The molecule has 0 aromatic rings. The van der Waals surface area contributed by atoms with E-state index in [0.29, 0.717) is 0 Å². The van der Waals surface area contributed by atoms with E-state index in [1.807, 2.05) is 6.92 Å². The highest BCUT2D eigenvalue weighted by Gasteiger charge is 2.30. The first-order chi connectivity index (χ1) is 7.37. The molecule has 0 aliphatic heterocycles. The van der Waals surface area contributed by atoms with Gasteiger partial charge in [-0.1, -0.05) is 6.92 Å². The molecule has 0 aliphatic rings. The van der Waals surface area contributed by atoms with Crippen LogP contribution >= 0.6 is 0 Å². The molecule has 0 rings (SSSR count). The summed E-state index contributed by atoms with van der Waals surface area (Å²) in [5.41, 5.74) is 0. The first-order valence-corrected chi connectivity index (χ1v) is 5.84. The molecule has 0 aromatic heterocycles. The van der Waals surface area contributed by atoms with Gasteiger partial charge in [0.2, 0.25) is 0 Å². The second kappa shape index (κ2) is 7.90. The van der Waals surface area contributed by atoms with Crippen LogP contribution in [0.3, 0.4) is 0 Å². The molecule has 98 valence electrons. The van der Waals surface area contributed by atoms with Crippen molar-refractivity contribution >= 4 is 0 Å². The zero-order valence-corrected chi connectivity index (χ0v) is 10.4. The van der Waals surface area contributed by atoms with Crippen molar-refractivity contribution in [1.82, 2.24) is 10.2 Å². The fourth-order valence-electron chi connectivity index (χ4n) is 1.48. The molecule has 1 N–H and O–H groups in total. The molecule has 0 amide bonds. The Hall–Kier alpha value is -0.290. The van der Waals surface area contributed by atoms with Crippen molar-refractivity contribution in [1.29, 1.82) is 0 Å². The first kappa shape index (κ1) is 15.7. The summed E-state index contributed by atoms with van der Waals surface area (Å²) in [7, 11) is 1.53. The van der Waals surface area contributed by atoms with Crippen molar-refractivity contribution in [2.75, 3.05) is 26.7 Å². The van der Waals surface area contributed by atoms with Gasteiger partial charge in [-0.15, -0.1) is 0 Å². The zero-order valence-electron chi connectivity index (χ0n) is 10.4. The van der Waals surface area contributed by atoms with Crippen molar-refractivity contribution in [3.8, 4) is 0 Å². The second-order valence-corrected chi connectivity index (χ2v) is 4.27. The van der Waals surface area contributed by atoms with E-state index in [-0.39, 0.29) is 6.04 Å². The summed E-state index contributed by atoms with van der Waals surface area (Å²) in [6.07, 6.45) is -1.29. The normalized spacial score (nSPS) is 14.4. The minimum atomic E-state index is -4.09. The van der Waals surface area contributed by atoms with Crippen LogP contribution in [0.1, 0.15) is 33.1 Å². The Morgan fingerprint density at radius 1 is 1.25 bits per heavy atom. The summed E-state index contributed by atoms with van der Waals surface area (Å²) >= 11 is 0. The Balaban J connectivity index is 3.59. The van der Waals surface area contributed by atoms with Gasteiger partial charge in [-0.05, 0) is 46.3 Å². The standard InChI is InChI=1S/C11H23F3N2/c1-4-7-15-8-5-6-10(2)16(3)9-11(12,13)14/h10,15H,4-9H2,1-3H3. The molecule has 0 heterocycles. The zero-order chi connectivity index (χ0) is 12.6. The Labute approximate surface area is 96.2 Å². The fraction of sp³-hybridized carbons (Fsp3) is 1.00. The third-order valence-electron chi connectivity index (χ3n) is 2.58. The highest BCUT2D eigenvalue weighted by Crippen LogP contribution is 2.17. The maximum absolute atomic E-state index is 12.1. The maximum Gasteiger partial charge on any atom is 0.401 e. The van der Waals surface area contributed by atoms with Crippen LogP contribution in [-0.4, -0.2) is 43.8 Å². The van der Waals surface area contributed by atoms with Gasteiger partial charge in [0, 0.05) is 6.04 Å². The molecule has 0 aliphatic carbocycles. The van der Waals surface area contributed by atoms with Gasteiger partial charge in [0.25, 0.3) is 0 Å². The van der Waals surface area contributed by atoms with E-state index in [4.69, 9.17) is 0 Å². The molecule has 0 radical (unpaired) electrons. The molecular weight excluding hydrogens is 217 g/mol. The Morgan fingerprint density at radius 2 is 1.88 bits per heavy atom. The van der Waals surface area contributed by atoms with E-state index in [9.17, 15) is 13.2 Å². The van der Waals surface area contributed by atoms with Gasteiger partial charge in [0.1, 0.15) is 0 Å². The molecule has 0 fully saturated rings. The molecule has 2 nitrogen and oxygen atoms in total. The summed E-state index contributed by atoms with van der Waals surface area (Å²) in [6.45, 7) is 4.97. The largest absolute Gasteiger partial charge is 0.401 e. The molecule has 0 bridgehead atoms. The minimum Gasteiger partial charge on any atom is -0.317 e. The SMILES string of the molecule is CCCNCCCC(C)N(C)CC(F)(F)F. The summed E-state index contributed by atoms with van der Waals surface area (Å²) in [5, 5.41) is 3.24. The van der Waals surface area contributed by atoms with Crippen molar-refractivity contribution < 1.29 is 13.2 Å². The summed E-state index contributed by atoms with van der Waals surface area (Å²) in [4.78, 5) is 1.36. The van der Waals surface area contributed by atoms with Gasteiger partial charge in [-0.3, -0.25) is 4.90 Å². The van der Waals surface area contributed by atoms with E-state index in [0.717, 1.165) is 32.4 Å². The molecule has 1 atom stereocenters. The molecule has 5 heteroatoms. The van der Waals surface area contributed by atoms with Crippen LogP contribution in [0, 0.1) is 0 Å². The number of hydrogen-bond donors (Lipinski definition) is 1. The van der Waals surface area contributed by atoms with Crippen molar-refractivity contribution in [3.63, 3.8) is 0 Å². The molecule has 1 unspecified atom stereocenters. The summed E-state index contributed by atoms with van der Waals surface area (Å²) < 4.78 is 36.3. The van der Waals surface area contributed by atoms with Gasteiger partial charge < -0.3 is 5.32 Å². The number of alkyl halides is 3. The molecule has 0 aromatic carbocycles. The fourth-order valence-corrected chi connectivity index (χ4v) is 1.48. The average Bonchev–Trinajstić information content (AvgIpc) is 2.14. The van der Waals surface area contributed by atoms with Crippen LogP contribution in [0.2, 0.25) is 0 Å². The third-order valence-corrected chi connectivity index (χ3v) is 2.58. The quantitative estimate of drug-likeness (QED) is 0.656. The lowest BCUT2D eigenvalue weighted by Crippen LogP contribution is -2.37. The van der Waals surface area contributed by atoms with E-state index in [1.165, 1.54) is 11.9 Å². The number of halogens is 3. The average molecular weight is 240 g/mol. The Kier molecular flexibility index (Phi) is 7.76. The van der Waals surface area contributed by atoms with Crippen molar-refractivity contribution in [2.45, 2.75) is 45.3 Å². The van der Waals surface area contributed by atoms with Crippen LogP contribution in [-0.2, 0) is 0 Å². The van der Waals surface area contributed by atoms with Crippen LogP contribution in [0.5, 0.6) is 0 Å². The predicted octanol–water partition coefficient (Wildman–Crippen LogP) is 2.65. The van der Waals surface area contributed by atoms with Crippen LogP contribution in [0.25, 0.3) is 0 Å². The second-order valence-electron chi connectivity index (χ2n) is 4.27. The highest BCUT2D eigenvalue weighted by molar-refractivity contribution is 4.67. The van der Waals surface area contributed by atoms with Crippen LogP contribution < -0.4 is 5.32 Å². The highest BCUT2D eigenvalue weighted by atomic mass is 19.4. The lowest BCUT2D eigenvalue weighted by molar-refractivity contribution is -0.147. The Bertz CT molecular complexity index is 171. The summed E-state index contributed by atoms with van der Waals surface area (Å²) in [6, 6.07) is -0.0231. The van der Waals surface area contributed by atoms with Crippen molar-refractivity contribution in [2.24, 2.45) is 0 Å². The van der Waals surface area contributed by atoms with E-state index in [1.54, 1.807) is 0 Å². The number of hydrogen-bond acceptors (Lipinski definition) is 2. The van der Waals surface area contributed by atoms with Crippen LogP contribution in [0.15, 0.2) is 0 Å². The maximum atomic E-state index is 12.1. The molecule has 0 saturated heterocycles. The Morgan fingerprint density at radius 3 is 2.38 bits per heavy atom. The van der Waals surface area contributed by atoms with E-state index < -0.39 is 12.7 Å². The minimum absolute atomic E-state index is 0.0231. The molecule has 0 spiro atoms. The topological polar surface area (TPSA) is 15.3 Å². The summed E-state index contributed by atoms with van der Waals surface area (Å²) in [5.74, 6) is 0. The number of nitrogens with zero attached hydrogens (tertiary/aromatic N) is 1. The van der Waals surface area contributed by atoms with Crippen molar-refractivity contribution in [3.05, 3.63) is 0 Å². The van der Waals surface area contributed by atoms with Gasteiger partial charge in [0.05, 0.1) is 6.54 Å². The van der Waals surface area contributed by atoms with Gasteiger partial charge in [-0.25, -0.2) is 0 Å². The van der Waals surface area contributed by atoms with Crippen LogP contribution in [0.4, 0.5) is 13.2 Å². The third kappa shape index (κ3) is 8.97. The van der Waals surface area contributed by atoms with Gasteiger partial charge >= 0.3 is 6.18 Å². The van der Waals surface area contributed by atoms with Gasteiger partial charge in [0.15, 0.2) is 0 Å². The number of rotatable bonds is 8. The molecular formula is C11H23F3N2. The van der Waals surface area contributed by atoms with E-state index >= 15 is 0 Å². The number of nitrogens with one attached hydrogen (secondary N) is 1. The lowest BCUT2D eigenvalue weighted by atomic mass is 10.1. The molecule has 16 heavy (non-hydrogen) atoms.